The first-order chi connectivity index (χ1) is 12.1. The first kappa shape index (κ1) is 18.1. The normalized spacial score (nSPS) is 17.2. The number of nitrogens with zero attached hydrogens (tertiary/aromatic N) is 1. The summed E-state index contributed by atoms with van der Waals surface area (Å²) in [4.78, 5) is 16.0. The summed E-state index contributed by atoms with van der Waals surface area (Å²) in [5.74, 6) is 0.0274. The number of hydrogen-bond donors (Lipinski definition) is 1. The fraction of sp³-hybridized carbons (Fsp3) is 0.450. The van der Waals surface area contributed by atoms with Gasteiger partial charge in [0.15, 0.2) is 0 Å². The third-order valence-electron chi connectivity index (χ3n) is 4.32. The van der Waals surface area contributed by atoms with Crippen LogP contribution in [0, 0.1) is 13.8 Å². The highest BCUT2D eigenvalue weighted by atomic mass is 32.1. The highest BCUT2D eigenvalue weighted by molar-refractivity contribution is 7.09. The lowest BCUT2D eigenvalue weighted by Crippen LogP contribution is -2.37. The van der Waals surface area contributed by atoms with E-state index in [0.717, 1.165) is 49.4 Å². The molecular weight excluding hydrogens is 332 g/mol. The lowest BCUT2D eigenvalue weighted by atomic mass is 10.1. The Kier molecular flexibility index (Phi) is 6.24. The molecule has 0 saturated carbocycles. The molecule has 1 atom stereocenters. The van der Waals surface area contributed by atoms with Gasteiger partial charge in [-0.2, -0.15) is 0 Å². The first-order valence-corrected chi connectivity index (χ1v) is 9.71. The summed E-state index contributed by atoms with van der Waals surface area (Å²) in [6, 6.07) is 10.3. The maximum atomic E-state index is 12.6. The predicted molar refractivity (Wildman–Crippen MR) is 103 cm³/mol. The lowest BCUT2D eigenvalue weighted by Gasteiger charge is -2.24. The predicted octanol–water partition coefficient (Wildman–Crippen LogP) is 3.98. The Balaban J connectivity index is 1.62. The summed E-state index contributed by atoms with van der Waals surface area (Å²) in [6.07, 6.45) is 2.44. The van der Waals surface area contributed by atoms with E-state index in [4.69, 9.17) is 4.74 Å². The molecule has 1 saturated heterocycles. The van der Waals surface area contributed by atoms with Crippen LogP contribution in [0.5, 0.6) is 0 Å². The van der Waals surface area contributed by atoms with Crippen LogP contribution in [0.3, 0.4) is 0 Å². The summed E-state index contributed by atoms with van der Waals surface area (Å²) in [7, 11) is 0. The second-order valence-corrected chi connectivity index (χ2v) is 7.84. The second kappa shape index (κ2) is 8.61. The van der Waals surface area contributed by atoms with Crippen LogP contribution in [0.2, 0.25) is 0 Å². The van der Waals surface area contributed by atoms with Gasteiger partial charge in [0.1, 0.15) is 0 Å². The van der Waals surface area contributed by atoms with Crippen molar-refractivity contribution in [2.24, 2.45) is 0 Å². The Hall–Kier alpha value is -1.69. The van der Waals surface area contributed by atoms with E-state index in [0.29, 0.717) is 6.54 Å². The smallest absolute Gasteiger partial charge is 0.238 e. The monoisotopic (exact) mass is 358 g/mol. The Morgan fingerprint density at radius 3 is 2.76 bits per heavy atom. The molecule has 0 aliphatic carbocycles. The van der Waals surface area contributed by atoms with Gasteiger partial charge in [-0.1, -0.05) is 12.1 Å². The Bertz CT molecular complexity index is 673. The van der Waals surface area contributed by atoms with Crippen molar-refractivity contribution in [2.75, 3.05) is 25.0 Å². The molecule has 0 radical (unpaired) electrons. The van der Waals surface area contributed by atoms with E-state index in [-0.39, 0.29) is 12.0 Å². The van der Waals surface area contributed by atoms with Gasteiger partial charge in [0.05, 0.1) is 12.6 Å². The van der Waals surface area contributed by atoms with Gasteiger partial charge in [-0.25, -0.2) is 0 Å². The molecule has 0 bridgehead atoms. The minimum absolute atomic E-state index is 0.0274. The van der Waals surface area contributed by atoms with Gasteiger partial charge in [-0.05, 0) is 61.4 Å². The molecule has 1 unspecified atom stereocenters. The number of aryl methyl sites for hydroxylation is 2. The highest BCUT2D eigenvalue weighted by Gasteiger charge is 2.21. The molecule has 5 heteroatoms. The van der Waals surface area contributed by atoms with E-state index in [1.54, 1.807) is 11.3 Å². The van der Waals surface area contributed by atoms with Crippen molar-refractivity contribution in [3.05, 3.63) is 51.7 Å². The van der Waals surface area contributed by atoms with Crippen LogP contribution in [-0.2, 0) is 16.1 Å². The number of amides is 1. The zero-order valence-electron chi connectivity index (χ0n) is 15.0. The van der Waals surface area contributed by atoms with Crippen LogP contribution < -0.4 is 5.32 Å². The van der Waals surface area contributed by atoms with Crippen molar-refractivity contribution >= 4 is 22.9 Å². The zero-order chi connectivity index (χ0) is 17.6. The molecule has 134 valence electrons. The molecule has 0 spiro atoms. The number of ether oxygens (including phenoxy) is 1. The van der Waals surface area contributed by atoms with E-state index >= 15 is 0 Å². The van der Waals surface area contributed by atoms with Crippen molar-refractivity contribution < 1.29 is 9.53 Å². The van der Waals surface area contributed by atoms with Crippen LogP contribution in [0.1, 0.15) is 28.8 Å². The summed E-state index contributed by atoms with van der Waals surface area (Å²) in [6.45, 7) is 6.90. The number of rotatable bonds is 7. The fourth-order valence-electron chi connectivity index (χ4n) is 3.33. The van der Waals surface area contributed by atoms with Crippen LogP contribution in [-0.4, -0.2) is 36.6 Å². The zero-order valence-corrected chi connectivity index (χ0v) is 15.8. The summed E-state index contributed by atoms with van der Waals surface area (Å²) in [5.41, 5.74) is 3.19. The van der Waals surface area contributed by atoms with Gasteiger partial charge >= 0.3 is 0 Å². The molecule has 1 N–H and O–H groups in total. The number of benzene rings is 1. The van der Waals surface area contributed by atoms with Crippen molar-refractivity contribution in [3.63, 3.8) is 0 Å². The topological polar surface area (TPSA) is 41.6 Å². The standard InChI is InChI=1S/C20H26N2O2S/c1-15-9-16(2)11-17(10-15)21-20(23)14-22(12-18-5-3-7-24-18)13-19-6-4-8-25-19/h4,6,8-11,18H,3,5,7,12-14H2,1-2H3,(H,21,23). The fourth-order valence-corrected chi connectivity index (χ4v) is 4.08. The van der Waals surface area contributed by atoms with Crippen LogP contribution in [0.25, 0.3) is 0 Å². The SMILES string of the molecule is Cc1cc(C)cc(NC(=O)CN(Cc2cccs2)CC2CCCO2)c1. The molecular formula is C20H26N2O2S. The van der Waals surface area contributed by atoms with Gasteiger partial charge in [0.2, 0.25) is 5.91 Å². The molecule has 1 aromatic carbocycles. The number of anilines is 1. The largest absolute Gasteiger partial charge is 0.377 e. The third-order valence-corrected chi connectivity index (χ3v) is 5.18. The first-order valence-electron chi connectivity index (χ1n) is 8.83. The maximum absolute atomic E-state index is 12.6. The highest BCUT2D eigenvalue weighted by Crippen LogP contribution is 2.18. The van der Waals surface area contributed by atoms with Crippen molar-refractivity contribution in [2.45, 2.75) is 39.3 Å². The average Bonchev–Trinajstić information content (AvgIpc) is 3.19. The number of nitrogens with one attached hydrogen (secondary N) is 1. The Labute approximate surface area is 153 Å². The number of hydrogen-bond acceptors (Lipinski definition) is 4. The molecule has 1 amide bonds. The van der Waals surface area contributed by atoms with E-state index in [1.165, 1.54) is 4.88 Å². The van der Waals surface area contributed by atoms with E-state index in [2.05, 4.69) is 33.8 Å². The molecule has 2 aromatic rings. The van der Waals surface area contributed by atoms with Crippen molar-refractivity contribution in [1.29, 1.82) is 0 Å². The number of thiophene rings is 1. The van der Waals surface area contributed by atoms with Crippen LogP contribution >= 0.6 is 11.3 Å². The summed E-state index contributed by atoms with van der Waals surface area (Å²) in [5, 5.41) is 5.12. The van der Waals surface area contributed by atoms with E-state index in [9.17, 15) is 4.79 Å². The molecule has 1 aliphatic rings. The average molecular weight is 359 g/mol. The maximum Gasteiger partial charge on any atom is 0.238 e. The van der Waals surface area contributed by atoms with E-state index < -0.39 is 0 Å². The number of carbonyl (C=O) groups is 1. The number of carbonyl (C=O) groups excluding carboxylic acids is 1. The lowest BCUT2D eigenvalue weighted by molar-refractivity contribution is -0.117. The van der Waals surface area contributed by atoms with Gasteiger partial charge in [0.25, 0.3) is 0 Å². The quantitative estimate of drug-likeness (QED) is 0.814. The van der Waals surface area contributed by atoms with Crippen LogP contribution in [0.15, 0.2) is 35.7 Å². The van der Waals surface area contributed by atoms with Crippen molar-refractivity contribution in [1.82, 2.24) is 4.90 Å². The second-order valence-electron chi connectivity index (χ2n) is 6.81. The molecule has 1 fully saturated rings. The molecule has 1 aliphatic heterocycles. The Morgan fingerprint density at radius 1 is 1.32 bits per heavy atom. The molecule has 3 rings (SSSR count). The Morgan fingerprint density at radius 2 is 2.12 bits per heavy atom. The van der Waals surface area contributed by atoms with Crippen molar-refractivity contribution in [3.8, 4) is 0 Å². The third kappa shape index (κ3) is 5.66. The van der Waals surface area contributed by atoms with E-state index in [1.807, 2.05) is 26.0 Å². The summed E-state index contributed by atoms with van der Waals surface area (Å²) < 4.78 is 5.76. The van der Waals surface area contributed by atoms with Gasteiger partial charge < -0.3 is 10.1 Å². The van der Waals surface area contributed by atoms with Gasteiger partial charge in [-0.3, -0.25) is 9.69 Å². The van der Waals surface area contributed by atoms with Gasteiger partial charge in [-0.15, -0.1) is 11.3 Å². The van der Waals surface area contributed by atoms with Crippen LogP contribution in [0.4, 0.5) is 5.69 Å². The molecule has 25 heavy (non-hydrogen) atoms. The minimum atomic E-state index is 0.0274. The minimum Gasteiger partial charge on any atom is -0.377 e. The summed E-state index contributed by atoms with van der Waals surface area (Å²) >= 11 is 1.73. The van der Waals surface area contributed by atoms with Gasteiger partial charge in [0, 0.05) is 30.3 Å². The molecule has 2 heterocycles. The molecule has 1 aromatic heterocycles. The molecule has 4 nitrogen and oxygen atoms in total.